The standard InChI is InChI=1S/C9H17NO3/c1-10-5-2-3-9(13,4-6-10)7-8(11)12/h13H,2-7H2,1H3,(H,11,12). The number of hydrogen-bond acceptors (Lipinski definition) is 3. The largest absolute Gasteiger partial charge is 0.481 e. The molecule has 1 aliphatic rings. The second-order valence-corrected chi connectivity index (χ2v) is 3.95. The summed E-state index contributed by atoms with van der Waals surface area (Å²) in [7, 11) is 1.99. The molecule has 0 radical (unpaired) electrons. The highest BCUT2D eigenvalue weighted by Gasteiger charge is 2.31. The van der Waals surface area contributed by atoms with Gasteiger partial charge >= 0.3 is 5.97 Å². The third kappa shape index (κ3) is 3.32. The number of nitrogens with zero attached hydrogens (tertiary/aromatic N) is 1. The Kier molecular flexibility index (Phi) is 3.27. The summed E-state index contributed by atoms with van der Waals surface area (Å²) in [6.45, 7) is 1.73. The van der Waals surface area contributed by atoms with Gasteiger partial charge in [0.05, 0.1) is 12.0 Å². The number of aliphatic carboxylic acids is 1. The predicted molar refractivity (Wildman–Crippen MR) is 48.6 cm³/mol. The second kappa shape index (κ2) is 4.07. The minimum Gasteiger partial charge on any atom is -0.481 e. The number of carboxylic acid groups (broad SMARTS) is 1. The van der Waals surface area contributed by atoms with Crippen LogP contribution in [-0.4, -0.2) is 46.8 Å². The van der Waals surface area contributed by atoms with E-state index in [1.165, 1.54) is 0 Å². The van der Waals surface area contributed by atoms with Crippen molar-refractivity contribution in [3.63, 3.8) is 0 Å². The van der Waals surface area contributed by atoms with E-state index in [1.807, 2.05) is 7.05 Å². The van der Waals surface area contributed by atoms with Gasteiger partial charge in [0.2, 0.25) is 0 Å². The van der Waals surface area contributed by atoms with E-state index in [2.05, 4.69) is 4.90 Å². The van der Waals surface area contributed by atoms with Crippen molar-refractivity contribution >= 4 is 5.97 Å². The molecule has 0 aromatic heterocycles. The van der Waals surface area contributed by atoms with E-state index in [0.717, 1.165) is 19.5 Å². The molecule has 0 spiro atoms. The molecule has 1 unspecified atom stereocenters. The van der Waals surface area contributed by atoms with Crippen molar-refractivity contribution < 1.29 is 15.0 Å². The molecule has 0 amide bonds. The van der Waals surface area contributed by atoms with Crippen LogP contribution in [0, 0.1) is 0 Å². The second-order valence-electron chi connectivity index (χ2n) is 3.95. The average molecular weight is 187 g/mol. The first kappa shape index (κ1) is 10.5. The van der Waals surface area contributed by atoms with Gasteiger partial charge in [-0.25, -0.2) is 0 Å². The Labute approximate surface area is 78.2 Å². The highest BCUT2D eigenvalue weighted by molar-refractivity contribution is 5.68. The lowest BCUT2D eigenvalue weighted by Gasteiger charge is -2.24. The molecule has 1 rings (SSSR count). The summed E-state index contributed by atoms with van der Waals surface area (Å²) in [5, 5.41) is 18.5. The van der Waals surface area contributed by atoms with Crippen LogP contribution in [0.15, 0.2) is 0 Å². The molecule has 1 atom stereocenters. The lowest BCUT2D eigenvalue weighted by molar-refractivity contribution is -0.143. The maximum Gasteiger partial charge on any atom is 0.306 e. The summed E-state index contributed by atoms with van der Waals surface area (Å²) in [4.78, 5) is 12.6. The average Bonchev–Trinajstić information content (AvgIpc) is 2.12. The molecule has 1 heterocycles. The fourth-order valence-corrected chi connectivity index (χ4v) is 1.77. The normalized spacial score (nSPS) is 31.2. The number of carbonyl (C=O) groups is 1. The van der Waals surface area contributed by atoms with E-state index in [4.69, 9.17) is 5.11 Å². The summed E-state index contributed by atoms with van der Waals surface area (Å²) in [5.41, 5.74) is -0.976. The molecule has 2 N–H and O–H groups in total. The summed E-state index contributed by atoms with van der Waals surface area (Å²) in [6, 6.07) is 0. The Morgan fingerprint density at radius 2 is 2.15 bits per heavy atom. The van der Waals surface area contributed by atoms with Gasteiger partial charge in [-0.1, -0.05) is 0 Å². The molecule has 0 aromatic carbocycles. The Balaban J connectivity index is 2.52. The molecule has 1 aliphatic heterocycles. The predicted octanol–water partition coefficient (Wildman–Crippen LogP) is 0.308. The van der Waals surface area contributed by atoms with Gasteiger partial charge in [0, 0.05) is 6.54 Å². The molecule has 4 heteroatoms. The Hall–Kier alpha value is -0.610. The van der Waals surface area contributed by atoms with Crippen molar-refractivity contribution in [1.29, 1.82) is 0 Å². The van der Waals surface area contributed by atoms with Gasteiger partial charge in [0.15, 0.2) is 0 Å². The molecule has 76 valence electrons. The SMILES string of the molecule is CN1CCCC(O)(CC(=O)O)CC1. The Morgan fingerprint density at radius 1 is 1.46 bits per heavy atom. The first-order valence-electron chi connectivity index (χ1n) is 4.65. The van der Waals surface area contributed by atoms with Crippen molar-refractivity contribution in [1.82, 2.24) is 4.90 Å². The van der Waals surface area contributed by atoms with Gasteiger partial charge in [-0.15, -0.1) is 0 Å². The summed E-state index contributed by atoms with van der Waals surface area (Å²) in [6.07, 6.45) is 1.92. The van der Waals surface area contributed by atoms with Gasteiger partial charge in [0.25, 0.3) is 0 Å². The van der Waals surface area contributed by atoms with Crippen LogP contribution >= 0.6 is 0 Å². The molecule has 4 nitrogen and oxygen atoms in total. The fourth-order valence-electron chi connectivity index (χ4n) is 1.77. The van der Waals surface area contributed by atoms with E-state index in [9.17, 15) is 9.90 Å². The molecule has 13 heavy (non-hydrogen) atoms. The van der Waals surface area contributed by atoms with Crippen LogP contribution in [0.4, 0.5) is 0 Å². The third-order valence-electron chi connectivity index (χ3n) is 2.62. The maximum atomic E-state index is 10.5. The smallest absolute Gasteiger partial charge is 0.306 e. The van der Waals surface area contributed by atoms with Gasteiger partial charge in [-0.2, -0.15) is 0 Å². The van der Waals surface area contributed by atoms with E-state index in [0.29, 0.717) is 12.8 Å². The van der Waals surface area contributed by atoms with Gasteiger partial charge in [0.1, 0.15) is 0 Å². The van der Waals surface area contributed by atoms with Crippen LogP contribution in [0.3, 0.4) is 0 Å². The van der Waals surface area contributed by atoms with Crippen molar-refractivity contribution in [3.8, 4) is 0 Å². The molecule has 1 fully saturated rings. The number of aliphatic hydroxyl groups is 1. The first-order valence-corrected chi connectivity index (χ1v) is 4.65. The van der Waals surface area contributed by atoms with E-state index >= 15 is 0 Å². The molecular weight excluding hydrogens is 170 g/mol. The lowest BCUT2D eigenvalue weighted by atomic mass is 9.91. The monoisotopic (exact) mass is 187 g/mol. The van der Waals surface area contributed by atoms with Crippen LogP contribution in [0.25, 0.3) is 0 Å². The van der Waals surface area contributed by atoms with E-state index in [1.54, 1.807) is 0 Å². The molecular formula is C9H17NO3. The van der Waals surface area contributed by atoms with Crippen molar-refractivity contribution in [2.24, 2.45) is 0 Å². The first-order chi connectivity index (χ1) is 6.02. The fraction of sp³-hybridized carbons (Fsp3) is 0.889. The highest BCUT2D eigenvalue weighted by Crippen LogP contribution is 2.24. The maximum absolute atomic E-state index is 10.5. The topological polar surface area (TPSA) is 60.8 Å². The van der Waals surface area contributed by atoms with E-state index < -0.39 is 11.6 Å². The van der Waals surface area contributed by atoms with Crippen molar-refractivity contribution in [2.45, 2.75) is 31.3 Å². The van der Waals surface area contributed by atoms with Gasteiger partial charge in [-0.3, -0.25) is 4.79 Å². The summed E-state index contributed by atoms with van der Waals surface area (Å²) in [5.74, 6) is -0.910. The third-order valence-corrected chi connectivity index (χ3v) is 2.62. The molecule has 0 saturated carbocycles. The highest BCUT2D eigenvalue weighted by atomic mass is 16.4. The molecule has 1 saturated heterocycles. The number of likely N-dealkylation sites (tertiary alicyclic amines) is 1. The van der Waals surface area contributed by atoms with Crippen LogP contribution in [0.5, 0.6) is 0 Å². The number of hydrogen-bond donors (Lipinski definition) is 2. The minimum atomic E-state index is -0.976. The van der Waals surface area contributed by atoms with Crippen LogP contribution in [-0.2, 0) is 4.79 Å². The minimum absolute atomic E-state index is 0.124. The molecule has 0 bridgehead atoms. The van der Waals surface area contributed by atoms with Crippen LogP contribution in [0.2, 0.25) is 0 Å². The van der Waals surface area contributed by atoms with Gasteiger partial charge in [-0.05, 0) is 32.9 Å². The lowest BCUT2D eigenvalue weighted by Crippen LogP contribution is -2.32. The van der Waals surface area contributed by atoms with Gasteiger partial charge < -0.3 is 15.1 Å². The summed E-state index contributed by atoms with van der Waals surface area (Å²) < 4.78 is 0. The van der Waals surface area contributed by atoms with Crippen molar-refractivity contribution in [3.05, 3.63) is 0 Å². The Bertz CT molecular complexity index is 195. The zero-order chi connectivity index (χ0) is 9.90. The quantitative estimate of drug-likeness (QED) is 0.653. The molecule has 0 aromatic rings. The molecule has 0 aliphatic carbocycles. The van der Waals surface area contributed by atoms with Crippen molar-refractivity contribution in [2.75, 3.05) is 20.1 Å². The number of carboxylic acids is 1. The zero-order valence-corrected chi connectivity index (χ0v) is 7.99. The Morgan fingerprint density at radius 3 is 2.77 bits per heavy atom. The van der Waals surface area contributed by atoms with Crippen LogP contribution < -0.4 is 0 Å². The van der Waals surface area contributed by atoms with E-state index in [-0.39, 0.29) is 6.42 Å². The summed E-state index contributed by atoms with van der Waals surface area (Å²) >= 11 is 0. The zero-order valence-electron chi connectivity index (χ0n) is 7.99. The van der Waals surface area contributed by atoms with Crippen LogP contribution in [0.1, 0.15) is 25.7 Å². The number of rotatable bonds is 2.